The van der Waals surface area contributed by atoms with Gasteiger partial charge in [0, 0.05) is 45.0 Å². The van der Waals surface area contributed by atoms with Gasteiger partial charge in [0.05, 0.1) is 5.56 Å². The molecule has 0 spiro atoms. The van der Waals surface area contributed by atoms with Gasteiger partial charge in [0.15, 0.2) is 0 Å². The zero-order valence-corrected chi connectivity index (χ0v) is 17.8. The summed E-state index contributed by atoms with van der Waals surface area (Å²) in [6.07, 6.45) is 4.76. The second kappa shape index (κ2) is 10.4. The number of carbonyl (C=O) groups excluding carboxylic acids is 1. The fourth-order valence-electron chi connectivity index (χ4n) is 3.86. The summed E-state index contributed by atoms with van der Waals surface area (Å²) in [5, 5.41) is 0. The van der Waals surface area contributed by atoms with E-state index in [-0.39, 0.29) is 5.91 Å². The second-order valence-corrected chi connectivity index (χ2v) is 7.63. The first-order valence-corrected chi connectivity index (χ1v) is 10.6. The quantitative estimate of drug-likeness (QED) is 0.682. The highest BCUT2D eigenvalue weighted by Crippen LogP contribution is 2.23. The van der Waals surface area contributed by atoms with E-state index in [0.29, 0.717) is 17.6 Å². The van der Waals surface area contributed by atoms with Gasteiger partial charge < -0.3 is 9.80 Å². The Morgan fingerprint density at radius 2 is 1.86 bits per heavy atom. The van der Waals surface area contributed by atoms with Crippen molar-refractivity contribution in [1.82, 2.24) is 20.7 Å². The lowest BCUT2D eigenvalue weighted by Gasteiger charge is -2.21. The topological polar surface area (TPSA) is 60.5 Å². The van der Waals surface area contributed by atoms with Gasteiger partial charge in [-0.3, -0.25) is 15.6 Å². The Balaban J connectivity index is 1.43. The number of nitrogens with one attached hydrogen (secondary N) is 2. The molecule has 2 atom stereocenters. The van der Waals surface area contributed by atoms with Gasteiger partial charge in [0.2, 0.25) is 0 Å². The summed E-state index contributed by atoms with van der Waals surface area (Å²) < 4.78 is 0. The molecule has 1 aliphatic rings. The molecule has 1 saturated heterocycles. The molecule has 3 rings (SSSR count). The Labute approximate surface area is 174 Å². The molecular formula is C23H33N5O. The first-order chi connectivity index (χ1) is 14.1. The van der Waals surface area contributed by atoms with Crippen LogP contribution in [-0.4, -0.2) is 48.5 Å². The number of amides is 1. The summed E-state index contributed by atoms with van der Waals surface area (Å²) in [5.74, 6) is 0.949. The van der Waals surface area contributed by atoms with Gasteiger partial charge in [-0.05, 0) is 50.8 Å². The molecule has 1 amide bonds. The van der Waals surface area contributed by atoms with E-state index < -0.39 is 0 Å². The van der Waals surface area contributed by atoms with Crippen molar-refractivity contribution < 1.29 is 4.79 Å². The molecule has 2 heterocycles. The van der Waals surface area contributed by atoms with Gasteiger partial charge >= 0.3 is 0 Å². The van der Waals surface area contributed by atoms with Crippen LogP contribution in [0.5, 0.6) is 0 Å². The van der Waals surface area contributed by atoms with E-state index in [1.54, 1.807) is 11.1 Å². The van der Waals surface area contributed by atoms with Gasteiger partial charge in [0.25, 0.3) is 5.91 Å². The Hall–Kier alpha value is -2.44. The van der Waals surface area contributed by atoms with Crippen molar-refractivity contribution in [1.29, 1.82) is 0 Å². The normalized spacial score (nSPS) is 18.6. The number of nitrogens with zero attached hydrogens (tertiary/aromatic N) is 3. The number of hydrazine groups is 1. The lowest BCUT2D eigenvalue weighted by Crippen LogP contribution is -2.32. The Morgan fingerprint density at radius 3 is 2.52 bits per heavy atom. The number of anilines is 1. The van der Waals surface area contributed by atoms with Crippen molar-refractivity contribution >= 4 is 11.7 Å². The predicted octanol–water partition coefficient (Wildman–Crippen LogP) is 3.39. The van der Waals surface area contributed by atoms with Gasteiger partial charge in [-0.15, -0.1) is 0 Å². The third-order valence-corrected chi connectivity index (χ3v) is 5.66. The van der Waals surface area contributed by atoms with E-state index in [9.17, 15) is 4.79 Å². The van der Waals surface area contributed by atoms with Crippen LogP contribution in [0.1, 0.15) is 55.1 Å². The molecule has 156 valence electrons. The van der Waals surface area contributed by atoms with Crippen molar-refractivity contribution in [3.63, 3.8) is 0 Å². The van der Waals surface area contributed by atoms with E-state index in [4.69, 9.17) is 0 Å². The van der Waals surface area contributed by atoms with Crippen LogP contribution < -0.4 is 15.8 Å². The van der Waals surface area contributed by atoms with E-state index in [2.05, 4.69) is 58.8 Å². The van der Waals surface area contributed by atoms with Crippen LogP contribution in [0.3, 0.4) is 0 Å². The summed E-state index contributed by atoms with van der Waals surface area (Å²) in [6, 6.07) is 15.1. The summed E-state index contributed by atoms with van der Waals surface area (Å²) >= 11 is 0. The zero-order chi connectivity index (χ0) is 20.6. The molecule has 2 N–H and O–H groups in total. The Bertz CT molecular complexity index is 761. The SMILES string of the molecule is CCN(CC)c1ccc(C(=O)N(C)CCCC2CC(c3ccccc3)NN2)cn1. The number of pyridine rings is 1. The Kier molecular flexibility index (Phi) is 7.61. The summed E-state index contributed by atoms with van der Waals surface area (Å²) in [5.41, 5.74) is 8.75. The van der Waals surface area contributed by atoms with E-state index in [1.807, 2.05) is 25.2 Å². The van der Waals surface area contributed by atoms with Crippen molar-refractivity contribution in [2.75, 3.05) is 31.6 Å². The molecule has 1 aromatic heterocycles. The average molecular weight is 396 g/mol. The number of hydrogen-bond acceptors (Lipinski definition) is 5. The number of rotatable bonds is 9. The molecule has 1 aromatic carbocycles. The molecule has 2 unspecified atom stereocenters. The zero-order valence-electron chi connectivity index (χ0n) is 17.8. The first-order valence-electron chi connectivity index (χ1n) is 10.6. The molecule has 1 fully saturated rings. The highest BCUT2D eigenvalue weighted by molar-refractivity contribution is 5.93. The molecule has 0 aliphatic carbocycles. The highest BCUT2D eigenvalue weighted by atomic mass is 16.2. The summed E-state index contributed by atoms with van der Waals surface area (Å²) in [7, 11) is 1.87. The number of benzene rings is 1. The molecule has 29 heavy (non-hydrogen) atoms. The number of hydrogen-bond donors (Lipinski definition) is 2. The van der Waals surface area contributed by atoms with Crippen molar-refractivity contribution in [2.45, 2.75) is 45.2 Å². The minimum absolute atomic E-state index is 0.0308. The highest BCUT2D eigenvalue weighted by Gasteiger charge is 2.24. The van der Waals surface area contributed by atoms with Crippen LogP contribution in [0.25, 0.3) is 0 Å². The molecule has 0 saturated carbocycles. The van der Waals surface area contributed by atoms with Crippen LogP contribution in [-0.2, 0) is 0 Å². The summed E-state index contributed by atoms with van der Waals surface area (Å²) in [6.45, 7) is 6.77. The fraction of sp³-hybridized carbons (Fsp3) is 0.478. The third kappa shape index (κ3) is 5.55. The molecule has 1 aliphatic heterocycles. The van der Waals surface area contributed by atoms with Gasteiger partial charge in [-0.25, -0.2) is 4.98 Å². The standard InChI is InChI=1S/C23H33N5O/c1-4-28(5-2)22-14-13-19(17-24-22)23(29)27(3)15-9-12-20-16-21(26-25-20)18-10-7-6-8-11-18/h6-8,10-11,13-14,17,20-21,25-26H,4-5,9,12,15-16H2,1-3H3. The van der Waals surface area contributed by atoms with Crippen molar-refractivity contribution in [3.8, 4) is 0 Å². The molecule has 6 heteroatoms. The van der Waals surface area contributed by atoms with Gasteiger partial charge in [0.1, 0.15) is 5.82 Å². The maximum Gasteiger partial charge on any atom is 0.255 e. The lowest BCUT2D eigenvalue weighted by molar-refractivity contribution is 0.0791. The smallest absolute Gasteiger partial charge is 0.255 e. The minimum atomic E-state index is 0.0308. The molecule has 2 aromatic rings. The molecule has 6 nitrogen and oxygen atoms in total. The van der Waals surface area contributed by atoms with Crippen molar-refractivity contribution in [3.05, 3.63) is 59.8 Å². The second-order valence-electron chi connectivity index (χ2n) is 7.63. The van der Waals surface area contributed by atoms with Gasteiger partial charge in [-0.2, -0.15) is 0 Å². The van der Waals surface area contributed by atoms with Crippen LogP contribution >= 0.6 is 0 Å². The van der Waals surface area contributed by atoms with Crippen LogP contribution in [0.15, 0.2) is 48.7 Å². The first kappa shape index (κ1) is 21.3. The number of carbonyl (C=O) groups is 1. The Morgan fingerprint density at radius 1 is 1.10 bits per heavy atom. The average Bonchev–Trinajstić information content (AvgIpc) is 3.24. The summed E-state index contributed by atoms with van der Waals surface area (Å²) in [4.78, 5) is 21.1. The predicted molar refractivity (Wildman–Crippen MR) is 118 cm³/mol. The minimum Gasteiger partial charge on any atom is -0.357 e. The largest absolute Gasteiger partial charge is 0.357 e. The van der Waals surface area contributed by atoms with Crippen molar-refractivity contribution in [2.24, 2.45) is 0 Å². The van der Waals surface area contributed by atoms with Crippen LogP contribution in [0, 0.1) is 0 Å². The van der Waals surface area contributed by atoms with Gasteiger partial charge in [-0.1, -0.05) is 30.3 Å². The van der Waals surface area contributed by atoms with Crippen LogP contribution in [0.4, 0.5) is 5.82 Å². The lowest BCUT2D eigenvalue weighted by atomic mass is 10.00. The monoisotopic (exact) mass is 395 g/mol. The molecule has 0 radical (unpaired) electrons. The fourth-order valence-corrected chi connectivity index (χ4v) is 3.86. The maximum atomic E-state index is 12.7. The molecule has 0 bridgehead atoms. The van der Waals surface area contributed by atoms with E-state index >= 15 is 0 Å². The maximum absolute atomic E-state index is 12.7. The third-order valence-electron chi connectivity index (χ3n) is 5.66. The van der Waals surface area contributed by atoms with E-state index in [0.717, 1.165) is 44.7 Å². The molecular weight excluding hydrogens is 362 g/mol. The van der Waals surface area contributed by atoms with E-state index in [1.165, 1.54) is 5.56 Å². The van der Waals surface area contributed by atoms with Crippen LogP contribution in [0.2, 0.25) is 0 Å². The number of aromatic nitrogens is 1.